The number of benzene rings is 1. The molecule has 0 aromatic heterocycles. The van der Waals surface area contributed by atoms with Gasteiger partial charge in [0, 0.05) is 12.1 Å². The molecule has 6 heteroatoms. The first kappa shape index (κ1) is 15.4. The van der Waals surface area contributed by atoms with E-state index in [0.29, 0.717) is 0 Å². The van der Waals surface area contributed by atoms with Crippen molar-refractivity contribution in [3.05, 3.63) is 48.0 Å². The highest BCUT2D eigenvalue weighted by Gasteiger charge is 2.24. The van der Waals surface area contributed by atoms with Gasteiger partial charge in [0.15, 0.2) is 0 Å². The zero-order valence-corrected chi connectivity index (χ0v) is 11.5. The highest BCUT2D eigenvalue weighted by atomic mass is 32.2. The third kappa shape index (κ3) is 5.23. The zero-order chi connectivity index (χ0) is 14.5. The van der Waals surface area contributed by atoms with Crippen LogP contribution in [0.15, 0.2) is 42.5 Å². The lowest BCUT2D eigenvalue weighted by Crippen LogP contribution is -2.38. The molecule has 1 unspecified atom stereocenters. The molecule has 0 saturated carbocycles. The van der Waals surface area contributed by atoms with Crippen LogP contribution in [0.4, 0.5) is 0 Å². The largest absolute Gasteiger partial charge is 0.351 e. The van der Waals surface area contributed by atoms with Gasteiger partial charge in [0.2, 0.25) is 5.91 Å². The first-order chi connectivity index (χ1) is 8.80. The number of carbonyl (C=O) groups excluding carboxylic acids is 1. The van der Waals surface area contributed by atoms with Crippen LogP contribution in [-0.4, -0.2) is 30.7 Å². The van der Waals surface area contributed by atoms with Crippen LogP contribution in [0.3, 0.4) is 0 Å². The van der Waals surface area contributed by atoms with Gasteiger partial charge in [-0.3, -0.25) is 9.35 Å². The molecule has 0 spiro atoms. The summed E-state index contributed by atoms with van der Waals surface area (Å²) in [7, 11) is -4.23. The number of amides is 1. The van der Waals surface area contributed by atoms with Crippen LogP contribution in [0, 0.1) is 0 Å². The summed E-state index contributed by atoms with van der Waals surface area (Å²) in [5, 5.41) is 1.36. The van der Waals surface area contributed by atoms with Crippen molar-refractivity contribution < 1.29 is 17.8 Å². The molecule has 1 aromatic carbocycles. The summed E-state index contributed by atoms with van der Waals surface area (Å²) in [5.74, 6) is -0.429. The third-order valence-electron chi connectivity index (χ3n) is 2.61. The van der Waals surface area contributed by atoms with Gasteiger partial charge in [0.1, 0.15) is 5.25 Å². The first-order valence-corrected chi connectivity index (χ1v) is 7.25. The van der Waals surface area contributed by atoms with E-state index in [1.807, 2.05) is 6.07 Å². The second-order valence-electron chi connectivity index (χ2n) is 4.32. The van der Waals surface area contributed by atoms with E-state index in [1.54, 1.807) is 24.3 Å². The first-order valence-electron chi connectivity index (χ1n) is 5.74. The third-order valence-corrected chi connectivity index (χ3v) is 3.78. The number of nitrogens with one attached hydrogen (secondary N) is 1. The van der Waals surface area contributed by atoms with E-state index < -0.39 is 21.3 Å². The summed E-state index contributed by atoms with van der Waals surface area (Å²) in [4.78, 5) is 11.3. The van der Waals surface area contributed by atoms with Gasteiger partial charge in [0.25, 0.3) is 10.1 Å². The van der Waals surface area contributed by atoms with Crippen LogP contribution in [0.25, 0.3) is 0 Å². The summed E-state index contributed by atoms with van der Waals surface area (Å²) in [6, 6.07) is 8.90. The van der Waals surface area contributed by atoms with Crippen LogP contribution in [-0.2, 0) is 21.3 Å². The van der Waals surface area contributed by atoms with Gasteiger partial charge in [0.05, 0.1) is 0 Å². The van der Waals surface area contributed by atoms with E-state index in [4.69, 9.17) is 0 Å². The predicted octanol–water partition coefficient (Wildman–Crippen LogP) is 1.18. The molecular formula is C13H17NO4S. The summed E-state index contributed by atoms with van der Waals surface area (Å²) in [5.41, 5.74) is 1.06. The molecule has 0 aliphatic heterocycles. The van der Waals surface area contributed by atoms with Crippen molar-refractivity contribution in [1.29, 1.82) is 0 Å². The minimum atomic E-state index is -4.23. The summed E-state index contributed by atoms with van der Waals surface area (Å²) < 4.78 is 31.8. The zero-order valence-electron chi connectivity index (χ0n) is 10.7. The lowest BCUT2D eigenvalue weighted by atomic mass is 10.1. The molecule has 2 N–H and O–H groups in total. The van der Waals surface area contributed by atoms with Crippen molar-refractivity contribution in [2.45, 2.75) is 18.6 Å². The molecule has 0 heterocycles. The normalized spacial score (nSPS) is 12.7. The van der Waals surface area contributed by atoms with Crippen LogP contribution in [0.1, 0.15) is 12.5 Å². The topological polar surface area (TPSA) is 83.5 Å². The Balaban J connectivity index is 2.74. The molecule has 0 fully saturated rings. The molecule has 0 radical (unpaired) electrons. The monoisotopic (exact) mass is 283 g/mol. The van der Waals surface area contributed by atoms with E-state index in [1.165, 1.54) is 6.92 Å². The Morgan fingerprint density at radius 1 is 1.37 bits per heavy atom. The maximum absolute atomic E-state index is 11.3. The SMILES string of the molecule is C=C(C)C(=O)NCC(Cc1ccccc1)S(=O)(=O)O. The Morgan fingerprint density at radius 3 is 2.42 bits per heavy atom. The molecule has 0 aliphatic rings. The van der Waals surface area contributed by atoms with Crippen molar-refractivity contribution in [3.8, 4) is 0 Å². The van der Waals surface area contributed by atoms with Crippen molar-refractivity contribution in [3.63, 3.8) is 0 Å². The number of carbonyl (C=O) groups is 1. The van der Waals surface area contributed by atoms with Crippen molar-refractivity contribution in [2.75, 3.05) is 6.54 Å². The van der Waals surface area contributed by atoms with Crippen LogP contribution in [0.5, 0.6) is 0 Å². The van der Waals surface area contributed by atoms with Gasteiger partial charge in [-0.1, -0.05) is 36.9 Å². The molecule has 104 valence electrons. The Labute approximate surface area is 113 Å². The van der Waals surface area contributed by atoms with Gasteiger partial charge in [-0.15, -0.1) is 0 Å². The van der Waals surface area contributed by atoms with E-state index in [2.05, 4.69) is 11.9 Å². The van der Waals surface area contributed by atoms with E-state index in [9.17, 15) is 17.8 Å². The molecule has 0 bridgehead atoms. The molecule has 1 atom stereocenters. The Hall–Kier alpha value is -1.66. The number of hydrogen-bond donors (Lipinski definition) is 2. The van der Waals surface area contributed by atoms with Crippen molar-refractivity contribution in [1.82, 2.24) is 5.32 Å². The molecule has 1 rings (SSSR count). The molecular weight excluding hydrogens is 266 g/mol. The quantitative estimate of drug-likeness (QED) is 0.606. The molecule has 0 aliphatic carbocycles. The van der Waals surface area contributed by atoms with Crippen LogP contribution < -0.4 is 5.32 Å². The van der Waals surface area contributed by atoms with Crippen molar-refractivity contribution >= 4 is 16.0 Å². The Bertz CT molecular complexity index is 551. The molecule has 1 aromatic rings. The maximum Gasteiger partial charge on any atom is 0.269 e. The fourth-order valence-electron chi connectivity index (χ4n) is 1.52. The van der Waals surface area contributed by atoms with Crippen LogP contribution in [0.2, 0.25) is 0 Å². The van der Waals surface area contributed by atoms with E-state index >= 15 is 0 Å². The average molecular weight is 283 g/mol. The fraction of sp³-hybridized carbons (Fsp3) is 0.308. The Kier molecular flexibility index (Phi) is 5.26. The molecule has 0 saturated heterocycles. The smallest absolute Gasteiger partial charge is 0.269 e. The van der Waals surface area contributed by atoms with E-state index in [0.717, 1.165) is 5.56 Å². The van der Waals surface area contributed by atoms with Gasteiger partial charge in [-0.25, -0.2) is 0 Å². The molecule has 1 amide bonds. The number of rotatable bonds is 6. The highest BCUT2D eigenvalue weighted by Crippen LogP contribution is 2.09. The summed E-state index contributed by atoms with van der Waals surface area (Å²) in [6.45, 7) is 4.82. The van der Waals surface area contributed by atoms with Gasteiger partial charge >= 0.3 is 0 Å². The van der Waals surface area contributed by atoms with Gasteiger partial charge in [-0.2, -0.15) is 8.42 Å². The minimum Gasteiger partial charge on any atom is -0.351 e. The Morgan fingerprint density at radius 2 is 1.95 bits per heavy atom. The standard InChI is InChI=1S/C13H17NO4S/c1-10(2)13(15)14-9-12(19(16,17)18)8-11-6-4-3-5-7-11/h3-7,12H,1,8-9H2,2H3,(H,14,15)(H,16,17,18). The van der Waals surface area contributed by atoms with Crippen LogP contribution >= 0.6 is 0 Å². The summed E-state index contributed by atoms with van der Waals surface area (Å²) >= 11 is 0. The minimum absolute atomic E-state index is 0.135. The fourth-order valence-corrected chi connectivity index (χ4v) is 2.21. The predicted molar refractivity (Wildman–Crippen MR) is 73.3 cm³/mol. The summed E-state index contributed by atoms with van der Waals surface area (Å²) in [6.07, 6.45) is 0.135. The van der Waals surface area contributed by atoms with Gasteiger partial charge < -0.3 is 5.32 Å². The average Bonchev–Trinajstić information content (AvgIpc) is 2.33. The molecule has 19 heavy (non-hydrogen) atoms. The van der Waals surface area contributed by atoms with Crippen molar-refractivity contribution in [2.24, 2.45) is 0 Å². The second-order valence-corrected chi connectivity index (χ2v) is 6.01. The highest BCUT2D eigenvalue weighted by molar-refractivity contribution is 7.86. The van der Waals surface area contributed by atoms with E-state index in [-0.39, 0.29) is 18.5 Å². The lowest BCUT2D eigenvalue weighted by molar-refractivity contribution is -0.117. The number of hydrogen-bond acceptors (Lipinski definition) is 3. The molecule has 5 nitrogen and oxygen atoms in total. The lowest BCUT2D eigenvalue weighted by Gasteiger charge is -2.15. The van der Waals surface area contributed by atoms with Gasteiger partial charge in [-0.05, 0) is 18.9 Å². The second kappa shape index (κ2) is 6.49. The maximum atomic E-state index is 11.3.